The molecule has 2 saturated heterocycles. The maximum atomic E-state index is 11.7. The van der Waals surface area contributed by atoms with E-state index in [0.29, 0.717) is 30.4 Å². The third-order valence-corrected chi connectivity index (χ3v) is 9.25. The first-order valence-corrected chi connectivity index (χ1v) is 18.1. The third kappa shape index (κ3) is 18.1. The number of rotatable bonds is 18. The van der Waals surface area contributed by atoms with Crippen molar-refractivity contribution in [1.29, 1.82) is 0 Å². The van der Waals surface area contributed by atoms with Crippen molar-refractivity contribution in [3.63, 3.8) is 0 Å². The highest BCUT2D eigenvalue weighted by Gasteiger charge is 2.52. The molecule has 0 radical (unpaired) electrons. The van der Waals surface area contributed by atoms with Crippen molar-refractivity contribution < 1.29 is 39.4 Å². The van der Waals surface area contributed by atoms with E-state index in [1.807, 2.05) is 33.8 Å². The Kier molecular flexibility index (Phi) is 23.1. The van der Waals surface area contributed by atoms with Crippen molar-refractivity contribution in [2.75, 3.05) is 33.0 Å². The summed E-state index contributed by atoms with van der Waals surface area (Å²) in [6.45, 7) is 23.6. The van der Waals surface area contributed by atoms with Crippen LogP contribution in [0.3, 0.4) is 0 Å². The van der Waals surface area contributed by atoms with Crippen LogP contribution in [0.25, 0.3) is 0 Å². The summed E-state index contributed by atoms with van der Waals surface area (Å²) in [7, 11) is 0. The lowest BCUT2D eigenvalue weighted by atomic mass is 9.85. The SMILES string of the molecule is C/C=C\CC.C=C[C@H](C)[C@@H](O)[C@]1(C[C@@H](C)CC)CO1.CC[C@H](C)C[C@@]1(CO)CO1.CC[C@H](C)C[C@](O)(CO)COC(=O)c1ccccc1. The fraction of sp³-hybridized carbons (Fsp3) is 0.725. The number of carbonyl (C=O) groups is 1. The molecule has 3 rings (SSSR count). The largest absolute Gasteiger partial charge is 0.459 e. The van der Waals surface area contributed by atoms with E-state index in [2.05, 4.69) is 53.3 Å². The van der Waals surface area contributed by atoms with Gasteiger partial charge in [0.25, 0.3) is 0 Å². The van der Waals surface area contributed by atoms with Gasteiger partial charge in [-0.15, -0.1) is 6.58 Å². The Labute approximate surface area is 292 Å². The van der Waals surface area contributed by atoms with Gasteiger partial charge in [-0.05, 0) is 62.5 Å². The van der Waals surface area contributed by atoms with Crippen molar-refractivity contribution in [1.82, 2.24) is 0 Å². The van der Waals surface area contributed by atoms with Gasteiger partial charge in [0.05, 0.1) is 38.1 Å². The number of hydrogen-bond donors (Lipinski definition) is 4. The Hall–Kier alpha value is -2.07. The summed E-state index contributed by atoms with van der Waals surface area (Å²) in [5.41, 5.74) is -1.32. The molecule has 1 aromatic carbocycles. The molecule has 8 nitrogen and oxygen atoms in total. The molecule has 0 aliphatic carbocycles. The summed E-state index contributed by atoms with van der Waals surface area (Å²) < 4.78 is 15.7. The molecular weight excluding hydrogens is 608 g/mol. The summed E-state index contributed by atoms with van der Waals surface area (Å²) in [4.78, 5) is 11.7. The summed E-state index contributed by atoms with van der Waals surface area (Å²) in [6.07, 6.45) is 12.3. The molecule has 1 aromatic rings. The van der Waals surface area contributed by atoms with Gasteiger partial charge in [0.1, 0.15) is 23.4 Å². The lowest BCUT2D eigenvalue weighted by molar-refractivity contribution is -0.0760. The number of carbonyl (C=O) groups excluding carboxylic acids is 1. The van der Waals surface area contributed by atoms with Gasteiger partial charge >= 0.3 is 5.97 Å². The van der Waals surface area contributed by atoms with Gasteiger partial charge in [0, 0.05) is 5.92 Å². The molecule has 2 aliphatic heterocycles. The first kappa shape index (κ1) is 45.9. The van der Waals surface area contributed by atoms with E-state index in [1.165, 1.54) is 6.42 Å². The van der Waals surface area contributed by atoms with Crippen LogP contribution < -0.4 is 0 Å². The van der Waals surface area contributed by atoms with Crippen LogP contribution in [-0.2, 0) is 14.2 Å². The predicted molar refractivity (Wildman–Crippen MR) is 196 cm³/mol. The topological polar surface area (TPSA) is 132 Å². The molecule has 0 saturated carbocycles. The maximum absolute atomic E-state index is 11.7. The van der Waals surface area contributed by atoms with Crippen molar-refractivity contribution in [3.05, 3.63) is 60.7 Å². The Morgan fingerprint density at radius 2 is 1.50 bits per heavy atom. The van der Waals surface area contributed by atoms with Crippen LogP contribution in [0.4, 0.5) is 0 Å². The van der Waals surface area contributed by atoms with Crippen LogP contribution in [0.1, 0.15) is 118 Å². The first-order chi connectivity index (χ1) is 22.7. The summed E-state index contributed by atoms with van der Waals surface area (Å²) >= 11 is 0. The molecular formula is C40H70O8. The standard InChI is InChI=1S/C15H22O4.C12H22O2.C8H16O2.C5H10/c1-3-12(2)9-15(18,10-16)11-19-14(17)13-7-5-4-6-8-13;1-5-9(3)7-12(8-14-12)11(13)10(4)6-2;1-3-7(2)4-8(5-9)6-10-8;1-3-5-4-2/h4-8,12,16,18H,3,9-11H2,1-2H3;6,9-11,13H,2,5,7-8H2,1,3-4H3;7,9H,3-6H2,1-2H3;3,5H,4H2,1-2H3/b;;;5-3-/t12-,15-;9-,10-,11+,12-;7-,8+;/m000./s1. The molecule has 0 amide bonds. The maximum Gasteiger partial charge on any atom is 0.338 e. The second kappa shape index (κ2) is 24.1. The lowest BCUT2D eigenvalue weighted by Crippen LogP contribution is -2.41. The van der Waals surface area contributed by atoms with Crippen molar-refractivity contribution in [3.8, 4) is 0 Å². The van der Waals surface area contributed by atoms with Crippen LogP contribution in [0.5, 0.6) is 0 Å². The predicted octanol–water partition coefficient (Wildman–Crippen LogP) is 7.53. The highest BCUT2D eigenvalue weighted by Crippen LogP contribution is 2.41. The number of epoxide rings is 2. The lowest BCUT2D eigenvalue weighted by Gasteiger charge is -2.28. The minimum Gasteiger partial charge on any atom is -0.459 e. The van der Waals surface area contributed by atoms with E-state index in [-0.39, 0.29) is 36.3 Å². The quantitative estimate of drug-likeness (QED) is 0.0712. The Balaban J connectivity index is 0.000000669. The zero-order chi connectivity index (χ0) is 36.8. The number of esters is 1. The fourth-order valence-electron chi connectivity index (χ4n) is 5.05. The number of allylic oxidation sites excluding steroid dienone is 2. The summed E-state index contributed by atoms with van der Waals surface area (Å²) in [5, 5.41) is 38.4. The molecule has 8 atom stereocenters. The van der Waals surface area contributed by atoms with Crippen LogP contribution in [-0.4, -0.2) is 82.3 Å². The fourth-order valence-corrected chi connectivity index (χ4v) is 5.05. The number of ether oxygens (including phenoxy) is 3. The van der Waals surface area contributed by atoms with Gasteiger partial charge in [-0.2, -0.15) is 0 Å². The molecule has 278 valence electrons. The average Bonchev–Trinajstić information content (AvgIpc) is 4.05. The monoisotopic (exact) mass is 679 g/mol. The number of benzene rings is 1. The highest BCUT2D eigenvalue weighted by molar-refractivity contribution is 5.89. The van der Waals surface area contributed by atoms with Gasteiger partial charge in [-0.25, -0.2) is 4.79 Å². The molecule has 0 bridgehead atoms. The Bertz CT molecular complexity index is 1000. The molecule has 2 fully saturated rings. The van der Waals surface area contributed by atoms with Crippen LogP contribution >= 0.6 is 0 Å². The number of aliphatic hydroxyl groups is 4. The van der Waals surface area contributed by atoms with E-state index in [0.717, 1.165) is 38.7 Å². The van der Waals surface area contributed by atoms with Crippen molar-refractivity contribution in [2.24, 2.45) is 23.7 Å². The minimum absolute atomic E-state index is 0.113. The zero-order valence-corrected chi connectivity index (χ0v) is 31.6. The minimum atomic E-state index is -1.36. The van der Waals surface area contributed by atoms with Crippen LogP contribution in [0.2, 0.25) is 0 Å². The van der Waals surface area contributed by atoms with E-state index in [1.54, 1.807) is 30.3 Å². The molecule has 2 aliphatic rings. The summed E-state index contributed by atoms with van der Waals surface area (Å²) in [5.74, 6) is 1.17. The van der Waals surface area contributed by atoms with Crippen molar-refractivity contribution in [2.45, 2.75) is 130 Å². The second-order valence-electron chi connectivity index (χ2n) is 14.0. The van der Waals surface area contributed by atoms with Gasteiger partial charge in [-0.1, -0.05) is 111 Å². The molecule has 0 aromatic heterocycles. The second-order valence-corrected chi connectivity index (χ2v) is 14.0. The molecule has 4 N–H and O–H groups in total. The van der Waals surface area contributed by atoms with E-state index in [4.69, 9.17) is 19.3 Å². The normalized spacial score (nSPS) is 23.6. The molecule has 8 heteroatoms. The molecule has 2 heterocycles. The Morgan fingerprint density at radius 1 is 0.958 bits per heavy atom. The third-order valence-electron chi connectivity index (χ3n) is 9.25. The number of hydrogen-bond acceptors (Lipinski definition) is 8. The van der Waals surface area contributed by atoms with Crippen molar-refractivity contribution >= 4 is 5.97 Å². The van der Waals surface area contributed by atoms with Crippen LogP contribution in [0.15, 0.2) is 55.1 Å². The van der Waals surface area contributed by atoms with E-state index < -0.39 is 24.3 Å². The van der Waals surface area contributed by atoms with Crippen LogP contribution in [0, 0.1) is 23.7 Å². The van der Waals surface area contributed by atoms with E-state index in [9.17, 15) is 20.1 Å². The Morgan fingerprint density at radius 3 is 1.88 bits per heavy atom. The van der Waals surface area contributed by atoms with Gasteiger partial charge < -0.3 is 34.6 Å². The average molecular weight is 679 g/mol. The van der Waals surface area contributed by atoms with Gasteiger partial charge in [-0.3, -0.25) is 0 Å². The molecule has 48 heavy (non-hydrogen) atoms. The molecule has 0 unspecified atom stereocenters. The molecule has 0 spiro atoms. The first-order valence-electron chi connectivity index (χ1n) is 18.1. The highest BCUT2D eigenvalue weighted by atomic mass is 16.6. The van der Waals surface area contributed by atoms with Gasteiger partial charge in [0.15, 0.2) is 0 Å². The van der Waals surface area contributed by atoms with E-state index >= 15 is 0 Å². The zero-order valence-electron chi connectivity index (χ0n) is 31.6. The number of aliphatic hydroxyl groups excluding tert-OH is 3. The summed E-state index contributed by atoms with van der Waals surface area (Å²) in [6, 6.07) is 8.59. The van der Waals surface area contributed by atoms with Gasteiger partial charge in [0.2, 0.25) is 0 Å². The smallest absolute Gasteiger partial charge is 0.338 e.